The van der Waals surface area contributed by atoms with Crippen LogP contribution in [-0.2, 0) is 21.2 Å². The Balaban J connectivity index is 1.97. The van der Waals surface area contributed by atoms with E-state index in [9.17, 15) is 13.2 Å². The van der Waals surface area contributed by atoms with Gasteiger partial charge in [0.1, 0.15) is 0 Å². The zero-order chi connectivity index (χ0) is 22.1. The van der Waals surface area contributed by atoms with Crippen LogP contribution >= 0.6 is 0 Å². The summed E-state index contributed by atoms with van der Waals surface area (Å²) in [7, 11) is 0.505. The summed E-state index contributed by atoms with van der Waals surface area (Å²) in [6.07, 6.45) is 4.12. The van der Waals surface area contributed by atoms with E-state index in [2.05, 4.69) is 46.1 Å². The van der Waals surface area contributed by atoms with Gasteiger partial charge in [0.2, 0.25) is 15.9 Å². The second-order valence-electron chi connectivity index (χ2n) is 7.22. The predicted molar refractivity (Wildman–Crippen MR) is 122 cm³/mol. The Bertz CT molecular complexity index is 950. The van der Waals surface area contributed by atoms with Crippen molar-refractivity contribution in [2.24, 2.45) is 0 Å². The van der Waals surface area contributed by atoms with Crippen LogP contribution in [0, 0.1) is 0 Å². The van der Waals surface area contributed by atoms with Gasteiger partial charge in [-0.3, -0.25) is 4.79 Å². The zero-order valence-electron chi connectivity index (χ0n) is 18.1. The van der Waals surface area contributed by atoms with Crippen molar-refractivity contribution in [2.75, 3.05) is 27.2 Å². The number of carbonyl (C=O) groups is 1. The molecule has 0 aliphatic heterocycles. The molecule has 0 heterocycles. The number of sulfonamides is 1. The number of carbonyl (C=O) groups excluding carboxylic acids is 1. The van der Waals surface area contributed by atoms with Gasteiger partial charge in [-0.25, -0.2) is 13.1 Å². The van der Waals surface area contributed by atoms with Crippen LogP contribution in [0.15, 0.2) is 59.5 Å². The molecular weight excluding hydrogens is 398 g/mol. The van der Waals surface area contributed by atoms with Crippen LogP contribution in [0.2, 0.25) is 0 Å². The maximum absolute atomic E-state index is 12.3. The molecule has 2 aromatic rings. The van der Waals surface area contributed by atoms with Crippen molar-refractivity contribution in [1.29, 1.82) is 0 Å². The van der Waals surface area contributed by atoms with Crippen molar-refractivity contribution in [3.05, 3.63) is 71.3 Å². The van der Waals surface area contributed by atoms with E-state index in [-0.39, 0.29) is 16.8 Å². The smallest absolute Gasteiger partial charge is 0.244 e. The quantitative estimate of drug-likeness (QED) is 0.569. The highest BCUT2D eigenvalue weighted by Crippen LogP contribution is 2.18. The monoisotopic (exact) mass is 429 g/mol. The number of likely N-dealkylation sites (N-methyl/N-ethyl adjacent to an activating group) is 1. The number of amides is 1. The first-order chi connectivity index (χ1) is 14.3. The van der Waals surface area contributed by atoms with Gasteiger partial charge >= 0.3 is 0 Å². The lowest BCUT2D eigenvalue weighted by Crippen LogP contribution is -2.33. The first kappa shape index (κ1) is 23.8. The zero-order valence-corrected chi connectivity index (χ0v) is 18.9. The molecule has 0 radical (unpaired) electrons. The molecule has 0 fully saturated rings. The molecule has 162 valence electrons. The molecule has 0 spiro atoms. The highest BCUT2D eigenvalue weighted by molar-refractivity contribution is 7.89. The van der Waals surface area contributed by atoms with E-state index in [1.54, 1.807) is 25.1 Å². The maximum Gasteiger partial charge on any atom is 0.244 e. The molecule has 1 unspecified atom stereocenters. The van der Waals surface area contributed by atoms with Gasteiger partial charge in [-0.2, -0.15) is 0 Å². The molecule has 0 aliphatic carbocycles. The van der Waals surface area contributed by atoms with Gasteiger partial charge < -0.3 is 10.2 Å². The van der Waals surface area contributed by atoms with E-state index < -0.39 is 10.0 Å². The molecule has 6 nitrogen and oxygen atoms in total. The second-order valence-corrected chi connectivity index (χ2v) is 8.99. The van der Waals surface area contributed by atoms with Crippen LogP contribution in [0.1, 0.15) is 36.6 Å². The fourth-order valence-corrected chi connectivity index (χ4v) is 4.07. The molecule has 30 heavy (non-hydrogen) atoms. The average molecular weight is 430 g/mol. The number of nitrogens with one attached hydrogen (secondary N) is 2. The summed E-state index contributed by atoms with van der Waals surface area (Å²) in [5.41, 5.74) is 3.19. The first-order valence-electron chi connectivity index (χ1n) is 10.1. The summed E-state index contributed by atoms with van der Waals surface area (Å²) in [6, 6.07) is 14.9. The number of benzene rings is 2. The fraction of sp³-hybridized carbons (Fsp3) is 0.348. The van der Waals surface area contributed by atoms with Crippen molar-refractivity contribution in [1.82, 2.24) is 14.9 Å². The lowest BCUT2D eigenvalue weighted by Gasteiger charge is -2.25. The summed E-state index contributed by atoms with van der Waals surface area (Å²) >= 11 is 0. The summed E-state index contributed by atoms with van der Waals surface area (Å²) in [4.78, 5) is 14.5. The molecule has 0 bridgehead atoms. The highest BCUT2D eigenvalue weighted by atomic mass is 32.2. The summed E-state index contributed by atoms with van der Waals surface area (Å²) in [6.45, 7) is 4.68. The number of hydrogen-bond donors (Lipinski definition) is 2. The minimum absolute atomic E-state index is 0.0730. The number of hydrogen-bond acceptors (Lipinski definition) is 4. The number of rotatable bonds is 10. The molecule has 0 aliphatic rings. The summed E-state index contributed by atoms with van der Waals surface area (Å²) < 4.78 is 26.4. The fourth-order valence-electron chi connectivity index (χ4n) is 3.03. The van der Waals surface area contributed by atoms with Crippen molar-refractivity contribution < 1.29 is 13.2 Å². The van der Waals surface area contributed by atoms with Gasteiger partial charge in [0.05, 0.1) is 10.9 Å². The van der Waals surface area contributed by atoms with Crippen molar-refractivity contribution >= 4 is 22.0 Å². The third-order valence-corrected chi connectivity index (χ3v) is 6.38. The summed E-state index contributed by atoms with van der Waals surface area (Å²) in [5.74, 6) is -0.198. The minimum atomic E-state index is -3.47. The van der Waals surface area contributed by atoms with E-state index in [4.69, 9.17) is 0 Å². The Morgan fingerprint density at radius 2 is 1.67 bits per heavy atom. The number of nitrogens with zero attached hydrogens (tertiary/aromatic N) is 1. The lowest BCUT2D eigenvalue weighted by molar-refractivity contribution is -0.116. The maximum atomic E-state index is 12.3. The van der Waals surface area contributed by atoms with Gasteiger partial charge in [0, 0.05) is 19.2 Å². The van der Waals surface area contributed by atoms with Gasteiger partial charge in [0.25, 0.3) is 0 Å². The van der Waals surface area contributed by atoms with Crippen molar-refractivity contribution in [3.8, 4) is 0 Å². The molecule has 1 atom stereocenters. The third kappa shape index (κ3) is 6.79. The van der Waals surface area contributed by atoms with Crippen LogP contribution in [0.5, 0.6) is 0 Å². The van der Waals surface area contributed by atoms with Crippen molar-refractivity contribution in [3.63, 3.8) is 0 Å². The van der Waals surface area contributed by atoms with Crippen LogP contribution < -0.4 is 10.0 Å². The standard InChI is InChI=1S/C23H31N3O3S/c1-5-18-7-12-20(13-8-18)22(26(3)4)17-24-23(27)16-11-19-9-14-21(15-10-19)30(28,29)25-6-2/h7-16,22,25H,5-6,17H2,1-4H3,(H,24,27)/b16-11+. The van der Waals surface area contributed by atoms with Crippen LogP contribution in [0.25, 0.3) is 6.08 Å². The average Bonchev–Trinajstić information content (AvgIpc) is 2.73. The van der Waals surface area contributed by atoms with Gasteiger partial charge in [-0.15, -0.1) is 0 Å². The Morgan fingerprint density at radius 3 is 2.20 bits per heavy atom. The summed E-state index contributed by atoms with van der Waals surface area (Å²) in [5, 5.41) is 2.94. The molecule has 0 saturated heterocycles. The molecule has 0 aromatic heterocycles. The SMILES string of the molecule is CCNS(=O)(=O)c1ccc(/C=C/C(=O)NCC(c2ccc(CC)cc2)N(C)C)cc1. The topological polar surface area (TPSA) is 78.5 Å². The van der Waals surface area contributed by atoms with Crippen LogP contribution in [0.4, 0.5) is 0 Å². The Labute approximate surface area is 180 Å². The molecule has 1 amide bonds. The van der Waals surface area contributed by atoms with E-state index in [0.29, 0.717) is 13.1 Å². The Morgan fingerprint density at radius 1 is 1.03 bits per heavy atom. The van der Waals surface area contributed by atoms with Gasteiger partial charge in [-0.1, -0.05) is 50.2 Å². The van der Waals surface area contributed by atoms with E-state index in [1.807, 2.05) is 14.1 Å². The highest BCUT2D eigenvalue weighted by Gasteiger charge is 2.15. The predicted octanol–water partition coefficient (Wildman–Crippen LogP) is 2.98. The van der Waals surface area contributed by atoms with Crippen LogP contribution in [0.3, 0.4) is 0 Å². The number of aryl methyl sites for hydroxylation is 1. The van der Waals surface area contributed by atoms with E-state index in [1.165, 1.54) is 23.8 Å². The first-order valence-corrected chi connectivity index (χ1v) is 11.6. The molecule has 2 aromatic carbocycles. The molecule has 2 N–H and O–H groups in total. The third-order valence-electron chi connectivity index (χ3n) is 4.82. The lowest BCUT2D eigenvalue weighted by atomic mass is 10.0. The Kier molecular flexibility index (Phi) is 8.77. The van der Waals surface area contributed by atoms with Gasteiger partial charge in [0.15, 0.2) is 0 Å². The molecule has 0 saturated carbocycles. The molecule has 7 heteroatoms. The molecular formula is C23H31N3O3S. The Hall–Kier alpha value is -2.48. The normalized spacial score (nSPS) is 13.0. The largest absolute Gasteiger partial charge is 0.351 e. The minimum Gasteiger partial charge on any atom is -0.351 e. The van der Waals surface area contributed by atoms with E-state index >= 15 is 0 Å². The van der Waals surface area contributed by atoms with Crippen molar-refractivity contribution in [2.45, 2.75) is 31.2 Å². The second kappa shape index (κ2) is 11.1. The molecule has 2 rings (SSSR count). The van der Waals surface area contributed by atoms with Gasteiger partial charge in [-0.05, 0) is 55.4 Å². The van der Waals surface area contributed by atoms with E-state index in [0.717, 1.165) is 17.5 Å². The van der Waals surface area contributed by atoms with Crippen LogP contribution in [-0.4, -0.2) is 46.4 Å².